The average Bonchev–Trinajstić information content (AvgIpc) is 2.97. The van der Waals surface area contributed by atoms with Gasteiger partial charge in [-0.25, -0.2) is 4.79 Å². The maximum atomic E-state index is 11.9. The van der Waals surface area contributed by atoms with Crippen LogP contribution in [-0.2, 0) is 10.2 Å². The number of fused-ring (bicyclic) bond motifs is 2. The van der Waals surface area contributed by atoms with E-state index in [-0.39, 0.29) is 11.5 Å². The summed E-state index contributed by atoms with van der Waals surface area (Å²) in [5, 5.41) is 0. The first-order chi connectivity index (χ1) is 18.5. The quantitative estimate of drug-likeness (QED) is 0.417. The van der Waals surface area contributed by atoms with Gasteiger partial charge in [0.15, 0.2) is 0 Å². The molecule has 2 saturated heterocycles. The number of carbonyl (C=O) groups excluding carboxylic acids is 1. The molecule has 38 heavy (non-hydrogen) atoms. The lowest BCUT2D eigenvalue weighted by atomic mass is 9.61. The van der Waals surface area contributed by atoms with Gasteiger partial charge in [-0.15, -0.1) is 0 Å². The van der Waals surface area contributed by atoms with Crippen molar-refractivity contribution in [1.82, 2.24) is 4.90 Å². The first-order valence-electron chi connectivity index (χ1n) is 14.1. The minimum atomic E-state index is -0.229. The van der Waals surface area contributed by atoms with E-state index in [1.807, 2.05) is 0 Å². The Bertz CT molecular complexity index is 1250. The van der Waals surface area contributed by atoms with Gasteiger partial charge < -0.3 is 19.4 Å². The van der Waals surface area contributed by atoms with Crippen LogP contribution in [0.25, 0.3) is 0 Å². The largest absolute Gasteiger partial charge is 0.453 e. The monoisotopic (exact) mass is 509 g/mol. The van der Waals surface area contributed by atoms with Crippen LogP contribution in [0.15, 0.2) is 72.8 Å². The maximum Gasteiger partial charge on any atom is 0.409 e. The van der Waals surface area contributed by atoms with Crippen molar-refractivity contribution in [3.8, 4) is 0 Å². The Morgan fingerprint density at radius 1 is 0.737 bits per heavy atom. The van der Waals surface area contributed by atoms with E-state index >= 15 is 0 Å². The molecule has 3 aromatic carbocycles. The van der Waals surface area contributed by atoms with Gasteiger partial charge in [0.05, 0.1) is 7.11 Å². The van der Waals surface area contributed by atoms with Gasteiger partial charge in [0.2, 0.25) is 0 Å². The van der Waals surface area contributed by atoms with Gasteiger partial charge in [-0.3, -0.25) is 0 Å². The minimum absolute atomic E-state index is 0.0349. The highest BCUT2D eigenvalue weighted by atomic mass is 16.5. The molecule has 0 radical (unpaired) electrons. The average molecular weight is 510 g/mol. The van der Waals surface area contributed by atoms with Gasteiger partial charge in [0.25, 0.3) is 0 Å². The lowest BCUT2D eigenvalue weighted by Gasteiger charge is -2.44. The van der Waals surface area contributed by atoms with Crippen LogP contribution in [0.4, 0.5) is 16.2 Å². The molecule has 0 N–H and O–H groups in total. The third-order valence-electron chi connectivity index (χ3n) is 9.22. The third kappa shape index (κ3) is 4.32. The molecule has 5 nitrogen and oxygen atoms in total. The van der Waals surface area contributed by atoms with E-state index in [1.165, 1.54) is 53.6 Å². The number of hydrogen-bond donors (Lipinski definition) is 0. The first-order valence-corrected chi connectivity index (χ1v) is 14.1. The molecule has 0 atom stereocenters. The fourth-order valence-electron chi connectivity index (χ4n) is 7.15. The Balaban J connectivity index is 1.18. The van der Waals surface area contributed by atoms with Gasteiger partial charge >= 0.3 is 6.09 Å². The summed E-state index contributed by atoms with van der Waals surface area (Å²) in [5.74, 6) is 1.11. The summed E-state index contributed by atoms with van der Waals surface area (Å²) in [6.45, 7) is 9.97. The fraction of sp³-hybridized carbons (Fsp3) is 0.424. The molecule has 3 aromatic rings. The number of nitrogens with zero attached hydrogens (tertiary/aromatic N) is 3. The molecule has 1 aliphatic carbocycles. The molecule has 2 aliphatic heterocycles. The lowest BCUT2D eigenvalue weighted by Crippen LogP contribution is -2.48. The molecule has 2 heterocycles. The standard InChI is InChI=1S/C33H39N3O2/c1-33(2)29-13-6-4-11-27(29)31(28-12-5-7-14-30(28)33)24-15-17-34(18-16-24)25-9-8-10-26(23-25)35-19-21-36(22-20-35)32(37)38-3/h4-14,23-24,31H,15-22H2,1-3H3. The van der Waals surface area contributed by atoms with Crippen LogP contribution in [-0.4, -0.2) is 57.4 Å². The Labute approximate surface area is 227 Å². The molecule has 5 heteroatoms. The van der Waals surface area contributed by atoms with Crippen molar-refractivity contribution in [2.24, 2.45) is 5.92 Å². The van der Waals surface area contributed by atoms with E-state index in [2.05, 4.69) is 96.4 Å². The van der Waals surface area contributed by atoms with E-state index in [4.69, 9.17) is 4.74 Å². The predicted molar refractivity (Wildman–Crippen MR) is 154 cm³/mol. The number of rotatable bonds is 3. The van der Waals surface area contributed by atoms with Crippen LogP contribution < -0.4 is 9.80 Å². The van der Waals surface area contributed by atoms with Gasteiger partial charge in [-0.2, -0.15) is 0 Å². The highest BCUT2D eigenvalue weighted by Gasteiger charge is 2.40. The summed E-state index contributed by atoms with van der Waals surface area (Å²) in [6, 6.07) is 27.3. The van der Waals surface area contributed by atoms with Gasteiger partial charge in [-0.1, -0.05) is 68.4 Å². The zero-order chi connectivity index (χ0) is 26.3. The number of ether oxygens (including phenoxy) is 1. The van der Waals surface area contributed by atoms with Crippen LogP contribution in [0.5, 0.6) is 0 Å². The highest BCUT2D eigenvalue weighted by Crippen LogP contribution is 2.51. The van der Waals surface area contributed by atoms with Crippen molar-refractivity contribution in [2.75, 3.05) is 56.2 Å². The third-order valence-corrected chi connectivity index (χ3v) is 9.22. The molecule has 198 valence electrons. The van der Waals surface area contributed by atoms with Crippen LogP contribution in [0.2, 0.25) is 0 Å². The number of anilines is 2. The van der Waals surface area contributed by atoms with E-state index in [9.17, 15) is 4.79 Å². The van der Waals surface area contributed by atoms with Gasteiger partial charge in [0, 0.05) is 62.0 Å². The van der Waals surface area contributed by atoms with Gasteiger partial charge in [0.1, 0.15) is 0 Å². The summed E-state index contributed by atoms with van der Waals surface area (Å²) in [7, 11) is 1.45. The van der Waals surface area contributed by atoms with Crippen molar-refractivity contribution in [3.63, 3.8) is 0 Å². The van der Waals surface area contributed by atoms with Crippen molar-refractivity contribution in [1.29, 1.82) is 0 Å². The second kappa shape index (κ2) is 10.0. The molecule has 6 rings (SSSR count). The van der Waals surface area contributed by atoms with Crippen molar-refractivity contribution in [3.05, 3.63) is 95.1 Å². The summed E-state index contributed by atoms with van der Waals surface area (Å²) < 4.78 is 4.89. The number of piperazine rings is 1. The van der Waals surface area contributed by atoms with Crippen molar-refractivity contribution < 1.29 is 9.53 Å². The molecule has 3 aliphatic rings. The Morgan fingerprint density at radius 3 is 1.82 bits per heavy atom. The summed E-state index contributed by atoms with van der Waals surface area (Å²) in [5.41, 5.74) is 8.63. The number of benzene rings is 3. The van der Waals surface area contributed by atoms with Crippen LogP contribution in [0, 0.1) is 5.92 Å². The van der Waals surface area contributed by atoms with Crippen molar-refractivity contribution >= 4 is 17.5 Å². The number of methoxy groups -OCH3 is 1. The Kier molecular flexibility index (Phi) is 6.55. The van der Waals surface area contributed by atoms with Crippen molar-refractivity contribution in [2.45, 2.75) is 38.0 Å². The second-order valence-electron chi connectivity index (χ2n) is 11.6. The molecule has 0 spiro atoms. The van der Waals surface area contributed by atoms with Crippen LogP contribution >= 0.6 is 0 Å². The zero-order valence-corrected chi connectivity index (χ0v) is 22.9. The first kappa shape index (κ1) is 24.8. The molecule has 0 unspecified atom stereocenters. The molecule has 2 fully saturated rings. The van der Waals surface area contributed by atoms with Crippen LogP contribution in [0.1, 0.15) is 54.9 Å². The molecule has 0 aromatic heterocycles. The van der Waals surface area contributed by atoms with Crippen LogP contribution in [0.3, 0.4) is 0 Å². The molecule has 0 saturated carbocycles. The Morgan fingerprint density at radius 2 is 1.26 bits per heavy atom. The summed E-state index contributed by atoms with van der Waals surface area (Å²) in [6.07, 6.45) is 2.15. The van der Waals surface area contributed by atoms with E-state index in [1.54, 1.807) is 4.90 Å². The number of hydrogen-bond acceptors (Lipinski definition) is 4. The molecular formula is C33H39N3O2. The second-order valence-corrected chi connectivity index (χ2v) is 11.6. The number of amides is 1. The molecule has 1 amide bonds. The number of piperidine rings is 1. The topological polar surface area (TPSA) is 36.0 Å². The number of carbonyl (C=O) groups is 1. The molecule has 0 bridgehead atoms. The van der Waals surface area contributed by atoms with E-state index in [0.29, 0.717) is 24.9 Å². The van der Waals surface area contributed by atoms with E-state index < -0.39 is 0 Å². The smallest absolute Gasteiger partial charge is 0.409 e. The highest BCUT2D eigenvalue weighted by molar-refractivity contribution is 5.68. The van der Waals surface area contributed by atoms with E-state index in [0.717, 1.165) is 26.2 Å². The molecular weight excluding hydrogens is 470 g/mol. The summed E-state index contributed by atoms with van der Waals surface area (Å²) in [4.78, 5) is 18.6. The Hall–Kier alpha value is -3.47. The predicted octanol–water partition coefficient (Wildman–Crippen LogP) is 6.26. The van der Waals surface area contributed by atoms with Gasteiger partial charge in [-0.05, 0) is 59.2 Å². The maximum absolute atomic E-state index is 11.9. The zero-order valence-electron chi connectivity index (χ0n) is 22.9. The summed E-state index contributed by atoms with van der Waals surface area (Å²) >= 11 is 0. The minimum Gasteiger partial charge on any atom is -0.453 e. The SMILES string of the molecule is COC(=O)N1CCN(c2cccc(N3CCC(C4c5ccccc5C(C)(C)c5ccccc54)CC3)c2)CC1. The normalized spacial score (nSPS) is 19.6. The fourth-order valence-corrected chi connectivity index (χ4v) is 7.15. The lowest BCUT2D eigenvalue weighted by molar-refractivity contribution is 0.121.